The second kappa shape index (κ2) is 9.29. The molecule has 0 saturated heterocycles. The van der Waals surface area contributed by atoms with E-state index in [0.717, 1.165) is 11.1 Å². The number of hydrogen-bond donors (Lipinski definition) is 2. The van der Waals surface area contributed by atoms with E-state index in [1.807, 2.05) is 24.3 Å². The molecule has 0 unspecified atom stereocenters. The minimum atomic E-state index is -0.375. The van der Waals surface area contributed by atoms with Crippen molar-refractivity contribution in [1.82, 2.24) is 15.2 Å². The maximum absolute atomic E-state index is 13.1. The summed E-state index contributed by atoms with van der Waals surface area (Å²) in [5.74, 6) is -0.473. The maximum atomic E-state index is 13.1. The average molecular weight is 490 g/mol. The van der Waals surface area contributed by atoms with Crippen LogP contribution in [-0.2, 0) is 6.42 Å². The van der Waals surface area contributed by atoms with E-state index < -0.39 is 0 Å². The van der Waals surface area contributed by atoms with Crippen molar-refractivity contribution in [3.8, 4) is 5.69 Å². The largest absolute Gasteiger partial charge is 0.346 e. The summed E-state index contributed by atoms with van der Waals surface area (Å²) in [5, 5.41) is 6.15. The fourth-order valence-electron chi connectivity index (χ4n) is 4.22. The molecule has 2 N–H and O–H groups in total. The van der Waals surface area contributed by atoms with Crippen molar-refractivity contribution in [2.45, 2.75) is 18.5 Å². The Labute approximate surface area is 204 Å². The zero-order valence-corrected chi connectivity index (χ0v) is 19.5. The molecule has 0 bridgehead atoms. The Morgan fingerprint density at radius 3 is 2.38 bits per heavy atom. The molecule has 2 aromatic heterocycles. The predicted molar refractivity (Wildman–Crippen MR) is 133 cm³/mol. The molecule has 2 heterocycles. The van der Waals surface area contributed by atoms with Crippen molar-refractivity contribution in [2.24, 2.45) is 0 Å². The number of aromatic nitrogens is 1. The number of thiophene rings is 1. The first-order valence-electron chi connectivity index (χ1n) is 10.7. The number of benzene rings is 2. The molecule has 2 aromatic carbocycles. The zero-order valence-electron chi connectivity index (χ0n) is 17.9. The van der Waals surface area contributed by atoms with Gasteiger partial charge in [0, 0.05) is 23.5 Å². The molecular formula is C26H20ClN3O3S. The van der Waals surface area contributed by atoms with Gasteiger partial charge in [0.25, 0.3) is 17.4 Å². The molecule has 2 amide bonds. The molecule has 6 nitrogen and oxygen atoms in total. The van der Waals surface area contributed by atoms with Gasteiger partial charge in [0.1, 0.15) is 0 Å². The van der Waals surface area contributed by atoms with E-state index in [2.05, 4.69) is 10.6 Å². The Balaban J connectivity index is 1.36. The summed E-state index contributed by atoms with van der Waals surface area (Å²) < 4.78 is 2.06. The van der Waals surface area contributed by atoms with Gasteiger partial charge in [-0.25, -0.2) is 0 Å². The number of nitrogens with zero attached hydrogens (tertiary/aromatic N) is 1. The molecule has 1 aliphatic carbocycles. The van der Waals surface area contributed by atoms with E-state index in [9.17, 15) is 14.4 Å². The monoisotopic (exact) mass is 489 g/mol. The van der Waals surface area contributed by atoms with Crippen molar-refractivity contribution in [1.29, 1.82) is 0 Å². The molecular weight excluding hydrogens is 470 g/mol. The van der Waals surface area contributed by atoms with E-state index in [1.165, 1.54) is 22.0 Å². The normalized spacial score (nSPS) is 16.6. The number of rotatable bonds is 5. The number of amides is 2. The van der Waals surface area contributed by atoms with Crippen LogP contribution in [0.15, 0.2) is 89.9 Å². The molecule has 5 rings (SSSR count). The van der Waals surface area contributed by atoms with Crippen molar-refractivity contribution in [3.05, 3.63) is 121 Å². The second-order valence-corrected chi connectivity index (χ2v) is 9.71. The smallest absolute Gasteiger partial charge is 0.261 e. The first-order chi connectivity index (χ1) is 16.5. The van der Waals surface area contributed by atoms with Gasteiger partial charge in [-0.1, -0.05) is 41.9 Å². The highest BCUT2D eigenvalue weighted by atomic mass is 35.5. The number of carbonyl (C=O) groups is 2. The Morgan fingerprint density at radius 2 is 1.65 bits per heavy atom. The quantitative estimate of drug-likeness (QED) is 0.436. The molecule has 170 valence electrons. The molecule has 1 aliphatic rings. The van der Waals surface area contributed by atoms with Gasteiger partial charge in [-0.05, 0) is 60.0 Å². The SMILES string of the molecule is O=C(N[C@@H]1c2ccccc2C[C@@H]1NC(=O)c1ccc(Cl)s1)c1ccc(-n2ccccc2=O)cc1. The fourth-order valence-corrected chi connectivity index (χ4v) is 5.17. The summed E-state index contributed by atoms with van der Waals surface area (Å²) in [6.45, 7) is 0. The molecule has 4 aromatic rings. The van der Waals surface area contributed by atoms with E-state index in [0.29, 0.717) is 26.9 Å². The van der Waals surface area contributed by atoms with Gasteiger partial charge in [-0.15, -0.1) is 11.3 Å². The van der Waals surface area contributed by atoms with Gasteiger partial charge in [0.2, 0.25) is 0 Å². The Morgan fingerprint density at radius 1 is 0.882 bits per heavy atom. The van der Waals surface area contributed by atoms with Gasteiger partial charge in [-0.3, -0.25) is 19.0 Å². The second-order valence-electron chi connectivity index (χ2n) is 7.99. The Bertz CT molecular complexity index is 1430. The first-order valence-corrected chi connectivity index (χ1v) is 11.9. The molecule has 0 spiro atoms. The van der Waals surface area contributed by atoms with Crippen LogP contribution in [0.1, 0.15) is 37.2 Å². The lowest BCUT2D eigenvalue weighted by Crippen LogP contribution is -2.44. The molecule has 8 heteroatoms. The third-order valence-electron chi connectivity index (χ3n) is 5.86. The predicted octanol–water partition coefficient (Wildman–Crippen LogP) is 4.38. The number of pyridine rings is 1. The van der Waals surface area contributed by atoms with Crippen LogP contribution in [0.3, 0.4) is 0 Å². The van der Waals surface area contributed by atoms with Crippen molar-refractivity contribution in [2.75, 3.05) is 0 Å². The molecule has 0 fully saturated rings. The maximum Gasteiger partial charge on any atom is 0.261 e. The molecule has 0 aliphatic heterocycles. The van der Waals surface area contributed by atoms with Crippen LogP contribution in [-0.4, -0.2) is 22.4 Å². The highest BCUT2D eigenvalue weighted by molar-refractivity contribution is 7.18. The van der Waals surface area contributed by atoms with Crippen LogP contribution in [0.4, 0.5) is 0 Å². The van der Waals surface area contributed by atoms with E-state index >= 15 is 0 Å². The van der Waals surface area contributed by atoms with E-state index in [4.69, 9.17) is 11.6 Å². The summed E-state index contributed by atoms with van der Waals surface area (Å²) in [6.07, 6.45) is 2.29. The lowest BCUT2D eigenvalue weighted by atomic mass is 10.1. The van der Waals surface area contributed by atoms with Crippen LogP contribution in [0.5, 0.6) is 0 Å². The summed E-state index contributed by atoms with van der Waals surface area (Å²) in [5.41, 5.74) is 3.06. The number of halogens is 1. The van der Waals surface area contributed by atoms with Crippen molar-refractivity contribution >= 4 is 34.8 Å². The van der Waals surface area contributed by atoms with Crippen LogP contribution in [0.25, 0.3) is 5.69 Å². The molecule has 2 atom stereocenters. The van der Waals surface area contributed by atoms with Crippen molar-refractivity contribution < 1.29 is 9.59 Å². The van der Waals surface area contributed by atoms with Gasteiger partial charge in [-0.2, -0.15) is 0 Å². The minimum Gasteiger partial charge on any atom is -0.346 e. The third-order valence-corrected chi connectivity index (χ3v) is 7.09. The summed E-state index contributed by atoms with van der Waals surface area (Å²) in [7, 11) is 0. The Kier molecular flexibility index (Phi) is 6.04. The van der Waals surface area contributed by atoms with E-state index in [-0.39, 0.29) is 29.5 Å². The highest BCUT2D eigenvalue weighted by Crippen LogP contribution is 2.32. The lowest BCUT2D eigenvalue weighted by molar-refractivity contribution is 0.0890. The van der Waals surface area contributed by atoms with Gasteiger partial charge >= 0.3 is 0 Å². The lowest BCUT2D eigenvalue weighted by Gasteiger charge is -2.23. The number of carbonyl (C=O) groups excluding carboxylic acids is 2. The fraction of sp³-hybridized carbons (Fsp3) is 0.115. The van der Waals surface area contributed by atoms with Crippen LogP contribution < -0.4 is 16.2 Å². The number of fused-ring (bicyclic) bond motifs is 1. The van der Waals surface area contributed by atoms with Gasteiger partial charge < -0.3 is 10.6 Å². The van der Waals surface area contributed by atoms with Crippen LogP contribution in [0, 0.1) is 0 Å². The topological polar surface area (TPSA) is 80.2 Å². The van der Waals surface area contributed by atoms with Gasteiger partial charge in [0.05, 0.1) is 21.3 Å². The molecule has 0 saturated carbocycles. The van der Waals surface area contributed by atoms with Gasteiger partial charge in [0.15, 0.2) is 0 Å². The zero-order chi connectivity index (χ0) is 23.7. The average Bonchev–Trinajstić information content (AvgIpc) is 3.43. The minimum absolute atomic E-state index is 0.145. The standard InChI is InChI=1S/C26H20ClN3O3S/c27-22-13-12-21(34-22)26(33)28-20-15-17-5-1-2-6-19(17)24(20)29-25(32)16-8-10-18(11-9-16)30-14-4-3-7-23(30)31/h1-14,20,24H,15H2,(H,28,33)(H,29,32)/t20-,24+/m0/s1. The molecule has 0 radical (unpaired) electrons. The van der Waals surface area contributed by atoms with Crippen LogP contribution in [0.2, 0.25) is 4.34 Å². The summed E-state index contributed by atoms with van der Waals surface area (Å²) >= 11 is 7.20. The summed E-state index contributed by atoms with van der Waals surface area (Å²) in [4.78, 5) is 38.5. The molecule has 34 heavy (non-hydrogen) atoms. The Hall–Kier alpha value is -3.68. The number of nitrogens with one attached hydrogen (secondary N) is 2. The number of hydrogen-bond acceptors (Lipinski definition) is 4. The highest BCUT2D eigenvalue weighted by Gasteiger charge is 2.35. The summed E-state index contributed by atoms with van der Waals surface area (Å²) in [6, 6.07) is 22.4. The van der Waals surface area contributed by atoms with Crippen LogP contribution >= 0.6 is 22.9 Å². The van der Waals surface area contributed by atoms with Crippen molar-refractivity contribution in [3.63, 3.8) is 0 Å². The van der Waals surface area contributed by atoms with E-state index in [1.54, 1.807) is 54.7 Å². The third kappa shape index (κ3) is 4.40. The first kappa shape index (κ1) is 22.1.